The molecular weight excluding hydrogens is 257 g/mol. The molecule has 1 aliphatic carbocycles. The van der Waals surface area contributed by atoms with Crippen LogP contribution in [0.1, 0.15) is 18.4 Å². The molecule has 0 amide bonds. The normalized spacial score (nSPS) is 14.4. The van der Waals surface area contributed by atoms with Gasteiger partial charge in [-0.3, -0.25) is 0 Å². The SMILES string of the molecule is C#CCOc1c(Cl)cc(Cl)cc1CNC1CC1. The highest BCUT2D eigenvalue weighted by Gasteiger charge is 2.21. The molecule has 0 bridgehead atoms. The van der Waals surface area contributed by atoms with Crippen molar-refractivity contribution < 1.29 is 4.74 Å². The Balaban J connectivity index is 2.16. The van der Waals surface area contributed by atoms with E-state index in [1.165, 1.54) is 12.8 Å². The number of hydrogen-bond donors (Lipinski definition) is 1. The first-order valence-electron chi connectivity index (χ1n) is 5.48. The quantitative estimate of drug-likeness (QED) is 0.829. The van der Waals surface area contributed by atoms with E-state index in [-0.39, 0.29) is 6.61 Å². The molecule has 0 atom stereocenters. The molecule has 0 radical (unpaired) electrons. The summed E-state index contributed by atoms with van der Waals surface area (Å²) in [5.41, 5.74) is 0.949. The number of ether oxygens (including phenoxy) is 1. The molecule has 2 rings (SSSR count). The van der Waals surface area contributed by atoms with Crippen LogP contribution in [0.5, 0.6) is 5.75 Å². The van der Waals surface area contributed by atoms with Crippen LogP contribution < -0.4 is 10.1 Å². The lowest BCUT2D eigenvalue weighted by atomic mass is 10.2. The first-order valence-corrected chi connectivity index (χ1v) is 6.24. The maximum Gasteiger partial charge on any atom is 0.148 e. The van der Waals surface area contributed by atoms with Crippen molar-refractivity contribution in [2.24, 2.45) is 0 Å². The molecule has 1 aromatic carbocycles. The molecule has 0 saturated heterocycles. The second kappa shape index (κ2) is 5.64. The summed E-state index contributed by atoms with van der Waals surface area (Å²) in [6.45, 7) is 0.905. The third kappa shape index (κ3) is 3.54. The highest BCUT2D eigenvalue weighted by atomic mass is 35.5. The summed E-state index contributed by atoms with van der Waals surface area (Å²) >= 11 is 12.1. The standard InChI is InChI=1S/C13H13Cl2NO/c1-2-5-17-13-9(8-16-11-3-4-11)6-10(14)7-12(13)15/h1,6-7,11,16H,3-5,8H2. The average molecular weight is 270 g/mol. The molecule has 1 saturated carbocycles. The number of halogens is 2. The smallest absolute Gasteiger partial charge is 0.148 e. The van der Waals surface area contributed by atoms with E-state index in [9.17, 15) is 0 Å². The molecule has 4 heteroatoms. The fourth-order valence-electron chi connectivity index (χ4n) is 1.56. The molecule has 0 unspecified atom stereocenters. The van der Waals surface area contributed by atoms with Gasteiger partial charge in [0.05, 0.1) is 5.02 Å². The highest BCUT2D eigenvalue weighted by molar-refractivity contribution is 6.35. The molecule has 0 aliphatic heterocycles. The minimum atomic E-state index is 0.206. The zero-order valence-electron chi connectivity index (χ0n) is 9.30. The summed E-state index contributed by atoms with van der Waals surface area (Å²) in [4.78, 5) is 0. The summed E-state index contributed by atoms with van der Waals surface area (Å²) in [5.74, 6) is 3.06. The predicted molar refractivity (Wildman–Crippen MR) is 70.7 cm³/mol. The lowest BCUT2D eigenvalue weighted by Crippen LogP contribution is -2.16. The van der Waals surface area contributed by atoms with Crippen molar-refractivity contribution in [3.8, 4) is 18.1 Å². The van der Waals surface area contributed by atoms with Crippen LogP contribution in [0.15, 0.2) is 12.1 Å². The van der Waals surface area contributed by atoms with Crippen molar-refractivity contribution in [1.29, 1.82) is 0 Å². The van der Waals surface area contributed by atoms with Crippen LogP contribution in [-0.4, -0.2) is 12.6 Å². The summed E-state index contributed by atoms with van der Waals surface area (Å²) in [6.07, 6.45) is 7.64. The van der Waals surface area contributed by atoms with Crippen LogP contribution in [-0.2, 0) is 6.54 Å². The average Bonchev–Trinajstić information content (AvgIpc) is 3.08. The van der Waals surface area contributed by atoms with Gasteiger partial charge in [-0.15, -0.1) is 6.42 Å². The van der Waals surface area contributed by atoms with Gasteiger partial charge in [0.1, 0.15) is 12.4 Å². The van der Waals surface area contributed by atoms with Crippen molar-refractivity contribution in [2.75, 3.05) is 6.61 Å². The number of hydrogen-bond acceptors (Lipinski definition) is 2. The van der Waals surface area contributed by atoms with Gasteiger partial charge >= 0.3 is 0 Å². The maximum absolute atomic E-state index is 6.10. The second-order valence-electron chi connectivity index (χ2n) is 4.02. The maximum atomic E-state index is 6.10. The van der Waals surface area contributed by atoms with Crippen molar-refractivity contribution in [3.05, 3.63) is 27.7 Å². The molecule has 17 heavy (non-hydrogen) atoms. The van der Waals surface area contributed by atoms with E-state index in [4.69, 9.17) is 34.4 Å². The highest BCUT2D eigenvalue weighted by Crippen LogP contribution is 2.33. The van der Waals surface area contributed by atoms with Crippen molar-refractivity contribution in [2.45, 2.75) is 25.4 Å². The van der Waals surface area contributed by atoms with E-state index in [1.54, 1.807) is 6.07 Å². The van der Waals surface area contributed by atoms with Crippen LogP contribution in [0, 0.1) is 12.3 Å². The van der Waals surface area contributed by atoms with E-state index in [1.807, 2.05) is 6.07 Å². The lowest BCUT2D eigenvalue weighted by molar-refractivity contribution is 0.365. The Labute approximate surface area is 111 Å². The first kappa shape index (κ1) is 12.6. The molecule has 1 aromatic rings. The van der Waals surface area contributed by atoms with Gasteiger partial charge < -0.3 is 10.1 Å². The Morgan fingerprint density at radius 1 is 1.41 bits per heavy atom. The number of benzene rings is 1. The van der Waals surface area contributed by atoms with Crippen molar-refractivity contribution in [1.82, 2.24) is 5.32 Å². The molecule has 1 fully saturated rings. The summed E-state index contributed by atoms with van der Waals surface area (Å²) in [6, 6.07) is 4.14. The Bertz CT molecular complexity index is 449. The first-order chi connectivity index (χ1) is 8.20. The Kier molecular flexibility index (Phi) is 4.17. The molecule has 2 nitrogen and oxygen atoms in total. The van der Waals surface area contributed by atoms with E-state index in [2.05, 4.69) is 11.2 Å². The Morgan fingerprint density at radius 3 is 2.82 bits per heavy atom. The molecule has 1 aliphatic rings. The molecule has 0 aromatic heterocycles. The van der Waals surface area contributed by atoms with Gasteiger partial charge in [-0.25, -0.2) is 0 Å². The third-order valence-electron chi connectivity index (χ3n) is 2.54. The minimum absolute atomic E-state index is 0.206. The monoisotopic (exact) mass is 269 g/mol. The molecular formula is C13H13Cl2NO. The van der Waals surface area contributed by atoms with Crippen LogP contribution in [0.4, 0.5) is 0 Å². The second-order valence-corrected chi connectivity index (χ2v) is 4.87. The van der Waals surface area contributed by atoms with Gasteiger partial charge in [0, 0.05) is 23.2 Å². The van der Waals surface area contributed by atoms with Crippen molar-refractivity contribution in [3.63, 3.8) is 0 Å². The fourth-order valence-corrected chi connectivity index (χ4v) is 2.15. The zero-order valence-corrected chi connectivity index (χ0v) is 10.8. The van der Waals surface area contributed by atoms with Crippen LogP contribution in [0.2, 0.25) is 10.0 Å². The van der Waals surface area contributed by atoms with E-state index in [0.29, 0.717) is 28.4 Å². The van der Waals surface area contributed by atoms with Crippen LogP contribution in [0.25, 0.3) is 0 Å². The van der Waals surface area contributed by atoms with Crippen molar-refractivity contribution >= 4 is 23.2 Å². The van der Waals surface area contributed by atoms with E-state index >= 15 is 0 Å². The summed E-state index contributed by atoms with van der Waals surface area (Å²) in [5, 5.41) is 4.50. The largest absolute Gasteiger partial charge is 0.479 e. The zero-order chi connectivity index (χ0) is 12.3. The number of nitrogens with one attached hydrogen (secondary N) is 1. The van der Waals surface area contributed by atoms with E-state index in [0.717, 1.165) is 5.56 Å². The van der Waals surface area contributed by atoms with Gasteiger partial charge in [-0.1, -0.05) is 29.1 Å². The van der Waals surface area contributed by atoms with Gasteiger partial charge in [0.2, 0.25) is 0 Å². The molecule has 0 spiro atoms. The van der Waals surface area contributed by atoms with Gasteiger partial charge in [0.25, 0.3) is 0 Å². The van der Waals surface area contributed by atoms with Crippen LogP contribution in [0.3, 0.4) is 0 Å². The molecule has 1 N–H and O–H groups in total. The van der Waals surface area contributed by atoms with Crippen LogP contribution >= 0.6 is 23.2 Å². The Morgan fingerprint density at radius 2 is 2.18 bits per heavy atom. The van der Waals surface area contributed by atoms with E-state index < -0.39 is 0 Å². The lowest BCUT2D eigenvalue weighted by Gasteiger charge is -2.12. The summed E-state index contributed by atoms with van der Waals surface area (Å²) < 4.78 is 5.46. The van der Waals surface area contributed by atoms with Gasteiger partial charge in [-0.05, 0) is 25.0 Å². The van der Waals surface area contributed by atoms with Gasteiger partial charge in [-0.2, -0.15) is 0 Å². The number of terminal acetylenes is 1. The summed E-state index contributed by atoms with van der Waals surface area (Å²) in [7, 11) is 0. The Hall–Kier alpha value is -0.880. The molecule has 90 valence electrons. The topological polar surface area (TPSA) is 21.3 Å². The minimum Gasteiger partial charge on any atom is -0.479 e. The number of rotatable bonds is 5. The van der Waals surface area contributed by atoms with Gasteiger partial charge in [0.15, 0.2) is 0 Å². The fraction of sp³-hybridized carbons (Fsp3) is 0.385. The predicted octanol–water partition coefficient (Wildman–Crippen LogP) is 3.26. The third-order valence-corrected chi connectivity index (χ3v) is 3.04. The molecule has 0 heterocycles.